The van der Waals surface area contributed by atoms with Crippen molar-refractivity contribution < 1.29 is 13.6 Å². The van der Waals surface area contributed by atoms with E-state index in [2.05, 4.69) is 30.1 Å². The van der Waals surface area contributed by atoms with E-state index in [-0.39, 0.29) is 0 Å². The highest BCUT2D eigenvalue weighted by Gasteiger charge is 2.43. The molecule has 0 radical (unpaired) electrons. The van der Waals surface area contributed by atoms with Crippen molar-refractivity contribution >= 4 is 11.4 Å². The Labute approximate surface area is 203 Å². The third-order valence-electron chi connectivity index (χ3n) is 6.84. The van der Waals surface area contributed by atoms with Crippen molar-refractivity contribution in [2.75, 3.05) is 37.7 Å². The molecule has 7 nitrogen and oxygen atoms in total. The van der Waals surface area contributed by atoms with Gasteiger partial charge in [0.1, 0.15) is 12.3 Å². The summed E-state index contributed by atoms with van der Waals surface area (Å²) in [5.74, 6) is -1.84. The van der Waals surface area contributed by atoms with Gasteiger partial charge in [0.15, 0.2) is 11.6 Å². The molecule has 35 heavy (non-hydrogen) atoms. The molecule has 5 rings (SSSR count). The number of anilines is 1. The molecule has 2 aliphatic rings. The normalized spacial score (nSPS) is 20.7. The van der Waals surface area contributed by atoms with E-state index in [4.69, 9.17) is 4.84 Å². The molecule has 0 bridgehead atoms. The molecule has 1 atom stereocenters. The fourth-order valence-corrected chi connectivity index (χ4v) is 5.06. The topological polar surface area (TPSA) is 66.7 Å². The Morgan fingerprint density at radius 1 is 1.03 bits per heavy atom. The first-order chi connectivity index (χ1) is 17.0. The molecule has 2 saturated heterocycles. The van der Waals surface area contributed by atoms with Gasteiger partial charge >= 0.3 is 0 Å². The maximum atomic E-state index is 13.8. The summed E-state index contributed by atoms with van der Waals surface area (Å²) in [7, 11) is 0. The van der Waals surface area contributed by atoms with Gasteiger partial charge in [-0.2, -0.15) is 10.2 Å². The van der Waals surface area contributed by atoms with E-state index < -0.39 is 11.6 Å². The Morgan fingerprint density at radius 3 is 2.66 bits per heavy atom. The van der Waals surface area contributed by atoms with Gasteiger partial charge in [-0.05, 0) is 62.2 Å². The molecule has 0 N–H and O–H groups in total. The van der Waals surface area contributed by atoms with Crippen LogP contribution in [0.2, 0.25) is 0 Å². The third kappa shape index (κ3) is 5.14. The van der Waals surface area contributed by atoms with Crippen LogP contribution in [0.1, 0.15) is 36.6 Å². The van der Waals surface area contributed by atoms with Crippen LogP contribution in [0.25, 0.3) is 0 Å². The van der Waals surface area contributed by atoms with Crippen molar-refractivity contribution in [3.63, 3.8) is 0 Å². The summed E-state index contributed by atoms with van der Waals surface area (Å²) < 4.78 is 27.2. The quantitative estimate of drug-likeness (QED) is 0.377. The third-order valence-corrected chi connectivity index (χ3v) is 6.84. The van der Waals surface area contributed by atoms with Crippen molar-refractivity contribution in [1.82, 2.24) is 20.1 Å². The number of nitrogens with zero attached hydrogens (tertiary/aromatic N) is 6. The van der Waals surface area contributed by atoms with Crippen LogP contribution in [0.15, 0.2) is 60.1 Å². The summed E-state index contributed by atoms with van der Waals surface area (Å²) in [5.41, 5.74) is 3.87. The van der Waals surface area contributed by atoms with E-state index in [0.717, 1.165) is 56.1 Å². The number of hydrogen-bond acceptors (Lipinski definition) is 7. The van der Waals surface area contributed by atoms with Gasteiger partial charge in [0.05, 0.1) is 23.8 Å². The maximum absolute atomic E-state index is 13.8. The van der Waals surface area contributed by atoms with E-state index in [1.165, 1.54) is 18.9 Å². The van der Waals surface area contributed by atoms with Crippen molar-refractivity contribution in [2.45, 2.75) is 26.3 Å². The van der Waals surface area contributed by atoms with Crippen LogP contribution in [0.3, 0.4) is 0 Å². The minimum atomic E-state index is -0.933. The predicted octanol–water partition coefficient (Wildman–Crippen LogP) is 4.04. The monoisotopic (exact) mass is 478 g/mol. The smallest absolute Gasteiger partial charge is 0.159 e. The van der Waals surface area contributed by atoms with Crippen LogP contribution < -0.4 is 4.90 Å². The fourth-order valence-electron chi connectivity index (χ4n) is 5.06. The summed E-state index contributed by atoms with van der Waals surface area (Å²) in [6.07, 6.45) is 7.76. The van der Waals surface area contributed by atoms with E-state index in [9.17, 15) is 8.78 Å². The van der Waals surface area contributed by atoms with Crippen LogP contribution in [-0.4, -0.2) is 58.6 Å². The number of halogens is 2. The highest BCUT2D eigenvalue weighted by Crippen LogP contribution is 2.41. The van der Waals surface area contributed by atoms with E-state index in [1.807, 2.05) is 37.5 Å². The number of pyridine rings is 1. The number of hydrogen-bond donors (Lipinski definition) is 0. The van der Waals surface area contributed by atoms with Crippen molar-refractivity contribution in [3.05, 3.63) is 83.4 Å². The Balaban J connectivity index is 1.25. The van der Waals surface area contributed by atoms with Gasteiger partial charge in [0.2, 0.25) is 0 Å². The highest BCUT2D eigenvalue weighted by atomic mass is 19.2. The average Bonchev–Trinajstić information content (AvgIpc) is 3.49. The SMILES string of the molecule is CCO/N=C(\c1ccc(F)c(F)c1)c1ccc(CN2CCC3(CCN(c4ccnnc4)C3)C2)cn1. The minimum absolute atomic E-state index is 0.306. The zero-order chi connectivity index (χ0) is 24.3. The first kappa shape index (κ1) is 23.3. The molecule has 2 aromatic heterocycles. The molecule has 0 aliphatic carbocycles. The first-order valence-electron chi connectivity index (χ1n) is 11.9. The summed E-state index contributed by atoms with van der Waals surface area (Å²) in [4.78, 5) is 14.7. The largest absolute Gasteiger partial charge is 0.396 e. The zero-order valence-corrected chi connectivity index (χ0v) is 19.7. The molecule has 1 spiro atoms. The second kappa shape index (κ2) is 10.0. The lowest BCUT2D eigenvalue weighted by molar-refractivity contribution is 0.159. The molecule has 2 fully saturated rings. The zero-order valence-electron chi connectivity index (χ0n) is 19.7. The number of oxime groups is 1. The molecule has 3 aromatic rings. The highest BCUT2D eigenvalue weighted by molar-refractivity contribution is 6.11. The lowest BCUT2D eigenvalue weighted by atomic mass is 9.86. The minimum Gasteiger partial charge on any atom is -0.396 e. The van der Waals surface area contributed by atoms with E-state index in [1.54, 1.807) is 6.20 Å². The Bertz CT molecular complexity index is 1190. The van der Waals surface area contributed by atoms with Gasteiger partial charge in [-0.25, -0.2) is 8.78 Å². The van der Waals surface area contributed by atoms with Gasteiger partial charge in [0, 0.05) is 43.4 Å². The van der Waals surface area contributed by atoms with Gasteiger partial charge in [0.25, 0.3) is 0 Å². The molecular weight excluding hydrogens is 450 g/mol. The molecule has 2 aliphatic heterocycles. The standard InChI is InChI=1S/C26H28F2N6O/c1-2-35-32-25(20-4-5-22(27)23(28)13-20)24-6-3-19(14-29-24)16-33-11-8-26(17-33)9-12-34(18-26)21-7-10-30-31-15-21/h3-7,10,13-15H,2,8-9,11-12,16-18H2,1H3/b32-25+. The molecule has 0 amide bonds. The molecule has 9 heteroatoms. The van der Waals surface area contributed by atoms with Crippen molar-refractivity contribution in [3.8, 4) is 0 Å². The molecule has 1 aromatic carbocycles. The van der Waals surface area contributed by atoms with Crippen LogP contribution >= 0.6 is 0 Å². The van der Waals surface area contributed by atoms with E-state index in [0.29, 0.717) is 29.0 Å². The summed E-state index contributed by atoms with van der Waals surface area (Å²) in [6.45, 7) is 7.17. The first-order valence-corrected chi connectivity index (χ1v) is 11.9. The molecule has 4 heterocycles. The maximum Gasteiger partial charge on any atom is 0.159 e. The lowest BCUT2D eigenvalue weighted by Gasteiger charge is -2.25. The molecular formula is C26H28F2N6O. The second-order valence-corrected chi connectivity index (χ2v) is 9.27. The number of likely N-dealkylation sites (tertiary alicyclic amines) is 1. The lowest BCUT2D eigenvalue weighted by Crippen LogP contribution is -2.30. The van der Waals surface area contributed by atoms with Crippen molar-refractivity contribution in [1.29, 1.82) is 0 Å². The Kier molecular flexibility index (Phi) is 6.68. The summed E-state index contributed by atoms with van der Waals surface area (Å²) in [5, 5.41) is 12.0. The van der Waals surface area contributed by atoms with Gasteiger partial charge in [-0.3, -0.25) is 9.88 Å². The predicted molar refractivity (Wildman–Crippen MR) is 129 cm³/mol. The molecule has 0 saturated carbocycles. The second-order valence-electron chi connectivity index (χ2n) is 9.27. The number of aromatic nitrogens is 3. The number of rotatable bonds is 7. The summed E-state index contributed by atoms with van der Waals surface area (Å²) in [6, 6.07) is 9.56. The Morgan fingerprint density at radius 2 is 1.91 bits per heavy atom. The van der Waals surface area contributed by atoms with Crippen LogP contribution in [-0.2, 0) is 11.4 Å². The van der Waals surface area contributed by atoms with Crippen molar-refractivity contribution in [2.24, 2.45) is 10.6 Å². The number of benzene rings is 1. The average molecular weight is 479 g/mol. The van der Waals surface area contributed by atoms with Crippen LogP contribution in [0.5, 0.6) is 0 Å². The van der Waals surface area contributed by atoms with Gasteiger partial charge < -0.3 is 9.74 Å². The molecule has 182 valence electrons. The van der Waals surface area contributed by atoms with Crippen LogP contribution in [0.4, 0.5) is 14.5 Å². The van der Waals surface area contributed by atoms with E-state index >= 15 is 0 Å². The fraction of sp³-hybridized carbons (Fsp3) is 0.385. The van der Waals surface area contributed by atoms with Gasteiger partial charge in [-0.15, -0.1) is 0 Å². The van der Waals surface area contributed by atoms with Gasteiger partial charge in [-0.1, -0.05) is 11.2 Å². The molecule has 1 unspecified atom stereocenters. The summed E-state index contributed by atoms with van der Waals surface area (Å²) >= 11 is 0. The Hall–Kier alpha value is -3.46. The van der Waals surface area contributed by atoms with Crippen LogP contribution in [0, 0.1) is 17.0 Å².